The highest BCUT2D eigenvalue weighted by atomic mass is 32.2. The Balaban J connectivity index is 2.59. The minimum absolute atomic E-state index is 0.0953. The van der Waals surface area contributed by atoms with Gasteiger partial charge in [0.25, 0.3) is 0 Å². The van der Waals surface area contributed by atoms with Crippen LogP contribution in [-0.2, 0) is 16.6 Å². The molecule has 0 aromatic heterocycles. The lowest BCUT2D eigenvalue weighted by molar-refractivity contribution is 0.458. The van der Waals surface area contributed by atoms with Crippen molar-refractivity contribution in [1.82, 2.24) is 4.72 Å². The molecule has 5 heteroatoms. The Bertz CT molecular complexity index is 458. The number of phenols is 1. The van der Waals surface area contributed by atoms with Crippen LogP contribution in [0.2, 0.25) is 0 Å². The Kier molecular flexibility index (Phi) is 4.16. The van der Waals surface area contributed by atoms with E-state index in [-0.39, 0.29) is 23.5 Å². The zero-order valence-corrected chi connectivity index (χ0v) is 11.2. The van der Waals surface area contributed by atoms with E-state index in [9.17, 15) is 8.42 Å². The third kappa shape index (κ3) is 5.70. The van der Waals surface area contributed by atoms with Gasteiger partial charge >= 0.3 is 0 Å². The number of benzene rings is 1. The van der Waals surface area contributed by atoms with E-state index in [1.165, 1.54) is 12.1 Å². The summed E-state index contributed by atoms with van der Waals surface area (Å²) in [5.41, 5.74) is 0.557. The Morgan fingerprint density at radius 2 is 1.71 bits per heavy atom. The largest absolute Gasteiger partial charge is 0.508 e. The quantitative estimate of drug-likeness (QED) is 0.865. The van der Waals surface area contributed by atoms with E-state index in [4.69, 9.17) is 5.11 Å². The average Bonchev–Trinajstić information content (AvgIpc) is 2.13. The van der Waals surface area contributed by atoms with Gasteiger partial charge in [0, 0.05) is 6.54 Å². The Labute approximate surface area is 103 Å². The van der Waals surface area contributed by atoms with Crippen LogP contribution < -0.4 is 4.72 Å². The Morgan fingerprint density at radius 3 is 2.18 bits per heavy atom. The molecular formula is C12H19NO3S. The molecule has 1 rings (SSSR count). The van der Waals surface area contributed by atoms with Crippen molar-refractivity contribution < 1.29 is 13.5 Å². The molecule has 96 valence electrons. The van der Waals surface area contributed by atoms with Crippen LogP contribution in [-0.4, -0.2) is 19.3 Å². The molecule has 2 N–H and O–H groups in total. The SMILES string of the molecule is CC(C)(C)CS(=O)(=O)NCc1ccc(O)cc1. The van der Waals surface area contributed by atoms with Crippen LogP contribution in [0.4, 0.5) is 0 Å². The number of phenolic OH excluding ortho intramolecular Hbond substituents is 1. The van der Waals surface area contributed by atoms with Crippen molar-refractivity contribution in [1.29, 1.82) is 0 Å². The Morgan fingerprint density at radius 1 is 1.18 bits per heavy atom. The molecule has 0 unspecified atom stereocenters. The van der Waals surface area contributed by atoms with E-state index in [1.807, 2.05) is 20.8 Å². The molecule has 0 heterocycles. The van der Waals surface area contributed by atoms with Crippen LogP contribution in [0.15, 0.2) is 24.3 Å². The smallest absolute Gasteiger partial charge is 0.212 e. The molecule has 0 spiro atoms. The predicted molar refractivity (Wildman–Crippen MR) is 68.2 cm³/mol. The van der Waals surface area contributed by atoms with Gasteiger partial charge in [-0.15, -0.1) is 0 Å². The summed E-state index contributed by atoms with van der Waals surface area (Å²) >= 11 is 0. The van der Waals surface area contributed by atoms with E-state index in [1.54, 1.807) is 12.1 Å². The lowest BCUT2D eigenvalue weighted by Gasteiger charge is -2.18. The van der Waals surface area contributed by atoms with E-state index in [0.29, 0.717) is 0 Å². The fraction of sp³-hybridized carbons (Fsp3) is 0.500. The maximum Gasteiger partial charge on any atom is 0.212 e. The van der Waals surface area contributed by atoms with Crippen molar-refractivity contribution in [2.45, 2.75) is 27.3 Å². The highest BCUT2D eigenvalue weighted by Gasteiger charge is 2.20. The third-order valence-electron chi connectivity index (χ3n) is 2.06. The summed E-state index contributed by atoms with van der Waals surface area (Å²) in [4.78, 5) is 0. The van der Waals surface area contributed by atoms with Crippen LogP contribution in [0.3, 0.4) is 0 Å². The lowest BCUT2D eigenvalue weighted by Crippen LogP contribution is -2.31. The first-order chi connectivity index (χ1) is 7.68. The normalized spacial score (nSPS) is 12.6. The number of hydrogen-bond donors (Lipinski definition) is 2. The molecule has 0 bridgehead atoms. The number of nitrogens with one attached hydrogen (secondary N) is 1. The standard InChI is InChI=1S/C12H19NO3S/c1-12(2,3)9-17(15,16)13-8-10-4-6-11(14)7-5-10/h4-7,13-14H,8-9H2,1-3H3. The van der Waals surface area contributed by atoms with Gasteiger partial charge in [-0.05, 0) is 23.1 Å². The van der Waals surface area contributed by atoms with Crippen LogP contribution in [0.25, 0.3) is 0 Å². The second-order valence-corrected chi connectivity index (χ2v) is 7.11. The number of rotatable bonds is 4. The van der Waals surface area contributed by atoms with Crippen molar-refractivity contribution in [2.24, 2.45) is 5.41 Å². The molecule has 0 aliphatic heterocycles. The van der Waals surface area contributed by atoms with Crippen molar-refractivity contribution in [3.8, 4) is 5.75 Å². The van der Waals surface area contributed by atoms with Crippen LogP contribution in [0, 0.1) is 5.41 Å². The minimum Gasteiger partial charge on any atom is -0.508 e. The van der Waals surface area contributed by atoms with Gasteiger partial charge in [-0.3, -0.25) is 0 Å². The van der Waals surface area contributed by atoms with Gasteiger partial charge in [-0.25, -0.2) is 13.1 Å². The van der Waals surface area contributed by atoms with Gasteiger partial charge < -0.3 is 5.11 Å². The molecule has 0 radical (unpaired) electrons. The monoisotopic (exact) mass is 257 g/mol. The van der Waals surface area contributed by atoms with Gasteiger partial charge in [0.1, 0.15) is 5.75 Å². The second kappa shape index (κ2) is 5.06. The molecule has 0 aliphatic rings. The summed E-state index contributed by atoms with van der Waals surface area (Å²) in [5, 5.41) is 9.10. The first kappa shape index (κ1) is 14.0. The van der Waals surface area contributed by atoms with Gasteiger partial charge in [0.05, 0.1) is 5.75 Å². The second-order valence-electron chi connectivity index (χ2n) is 5.31. The third-order valence-corrected chi connectivity index (χ3v) is 3.89. The van der Waals surface area contributed by atoms with Crippen molar-refractivity contribution in [3.63, 3.8) is 0 Å². The fourth-order valence-corrected chi connectivity index (χ4v) is 3.06. The van der Waals surface area contributed by atoms with Crippen LogP contribution in [0.1, 0.15) is 26.3 Å². The van der Waals surface area contributed by atoms with Crippen molar-refractivity contribution in [3.05, 3.63) is 29.8 Å². The lowest BCUT2D eigenvalue weighted by atomic mass is 10.0. The first-order valence-electron chi connectivity index (χ1n) is 5.43. The highest BCUT2D eigenvalue weighted by Crippen LogP contribution is 2.16. The molecular weight excluding hydrogens is 238 g/mol. The maximum absolute atomic E-state index is 11.7. The first-order valence-corrected chi connectivity index (χ1v) is 7.08. The van der Waals surface area contributed by atoms with Crippen molar-refractivity contribution in [2.75, 3.05) is 5.75 Å². The van der Waals surface area contributed by atoms with Crippen LogP contribution >= 0.6 is 0 Å². The van der Waals surface area contributed by atoms with Gasteiger partial charge in [0.2, 0.25) is 10.0 Å². The minimum atomic E-state index is -3.26. The molecule has 0 saturated heterocycles. The zero-order chi connectivity index (χ0) is 13.1. The summed E-state index contributed by atoms with van der Waals surface area (Å²) in [6.07, 6.45) is 0. The topological polar surface area (TPSA) is 66.4 Å². The van der Waals surface area contributed by atoms with Crippen LogP contribution in [0.5, 0.6) is 5.75 Å². The number of sulfonamides is 1. The van der Waals surface area contributed by atoms with Gasteiger partial charge in [-0.2, -0.15) is 0 Å². The summed E-state index contributed by atoms with van der Waals surface area (Å²) in [7, 11) is -3.26. The van der Waals surface area contributed by atoms with Crippen molar-refractivity contribution >= 4 is 10.0 Å². The molecule has 1 aromatic carbocycles. The van der Waals surface area contributed by atoms with E-state index >= 15 is 0 Å². The molecule has 0 aliphatic carbocycles. The molecule has 1 aromatic rings. The molecule has 0 atom stereocenters. The Hall–Kier alpha value is -1.07. The number of aromatic hydroxyl groups is 1. The molecule has 0 fully saturated rings. The molecule has 4 nitrogen and oxygen atoms in total. The summed E-state index contributed by atoms with van der Waals surface area (Å²) in [5.74, 6) is 0.268. The zero-order valence-electron chi connectivity index (χ0n) is 10.4. The van der Waals surface area contributed by atoms with E-state index in [2.05, 4.69) is 4.72 Å². The van der Waals surface area contributed by atoms with E-state index in [0.717, 1.165) is 5.56 Å². The molecule has 0 amide bonds. The maximum atomic E-state index is 11.7. The van der Waals surface area contributed by atoms with E-state index < -0.39 is 10.0 Å². The highest BCUT2D eigenvalue weighted by molar-refractivity contribution is 7.89. The fourth-order valence-electron chi connectivity index (χ4n) is 1.43. The molecule has 17 heavy (non-hydrogen) atoms. The summed E-state index contributed by atoms with van der Waals surface area (Å²) < 4.78 is 26.0. The van der Waals surface area contributed by atoms with Gasteiger partial charge in [0.15, 0.2) is 0 Å². The average molecular weight is 257 g/mol. The summed E-state index contributed by atoms with van der Waals surface area (Å²) in [6.45, 7) is 5.89. The predicted octanol–water partition coefficient (Wildman–Crippen LogP) is 1.86. The summed E-state index contributed by atoms with van der Waals surface area (Å²) in [6, 6.07) is 6.45. The molecule has 0 saturated carbocycles. The van der Waals surface area contributed by atoms with Gasteiger partial charge in [-0.1, -0.05) is 32.9 Å². The number of hydrogen-bond acceptors (Lipinski definition) is 3.